The highest BCUT2D eigenvalue weighted by molar-refractivity contribution is 7.89. The molecule has 1 saturated heterocycles. The molecule has 0 spiro atoms. The number of piperidine rings is 1. The number of hydrogen-bond acceptors (Lipinski definition) is 4. The highest BCUT2D eigenvalue weighted by atomic mass is 32.2. The Kier molecular flexibility index (Phi) is 4.81. The molecule has 0 bridgehead atoms. The van der Waals surface area contributed by atoms with Gasteiger partial charge in [0.15, 0.2) is 5.78 Å². The van der Waals surface area contributed by atoms with E-state index in [0.29, 0.717) is 5.56 Å². The Morgan fingerprint density at radius 1 is 1.29 bits per heavy atom. The van der Waals surface area contributed by atoms with E-state index < -0.39 is 10.0 Å². The minimum absolute atomic E-state index is 0.0429. The number of sulfonamides is 1. The zero-order chi connectivity index (χ0) is 15.6. The Balaban J connectivity index is 2.13. The summed E-state index contributed by atoms with van der Waals surface area (Å²) in [5, 5.41) is 0. The van der Waals surface area contributed by atoms with Crippen LogP contribution in [-0.2, 0) is 10.0 Å². The third-order valence-electron chi connectivity index (χ3n) is 3.99. The van der Waals surface area contributed by atoms with E-state index in [9.17, 15) is 13.2 Å². The zero-order valence-electron chi connectivity index (χ0n) is 12.7. The van der Waals surface area contributed by atoms with Crippen molar-refractivity contribution in [2.45, 2.75) is 31.2 Å². The molecule has 1 aromatic rings. The molecule has 2 atom stereocenters. The molecule has 116 valence electrons. The predicted molar refractivity (Wildman–Crippen MR) is 81.8 cm³/mol. The van der Waals surface area contributed by atoms with Gasteiger partial charge < -0.3 is 4.90 Å². The van der Waals surface area contributed by atoms with Crippen LogP contribution >= 0.6 is 0 Å². The lowest BCUT2D eigenvalue weighted by atomic mass is 9.95. The minimum Gasteiger partial charge on any atom is -0.306 e. The van der Waals surface area contributed by atoms with Gasteiger partial charge >= 0.3 is 0 Å². The molecule has 1 heterocycles. The lowest BCUT2D eigenvalue weighted by molar-refractivity contribution is 0.101. The van der Waals surface area contributed by atoms with Gasteiger partial charge in [0.25, 0.3) is 0 Å². The number of nitrogens with zero attached hydrogens (tertiary/aromatic N) is 1. The Labute approximate surface area is 126 Å². The second-order valence-corrected chi connectivity index (χ2v) is 7.55. The minimum atomic E-state index is -3.53. The average Bonchev–Trinajstić information content (AvgIpc) is 2.42. The van der Waals surface area contributed by atoms with Gasteiger partial charge in [0.1, 0.15) is 0 Å². The Morgan fingerprint density at radius 3 is 2.43 bits per heavy atom. The molecule has 1 aromatic carbocycles. The molecule has 0 saturated carbocycles. The topological polar surface area (TPSA) is 66.5 Å². The maximum atomic E-state index is 12.4. The fourth-order valence-corrected chi connectivity index (χ4v) is 4.04. The largest absolute Gasteiger partial charge is 0.306 e. The van der Waals surface area contributed by atoms with E-state index in [1.54, 1.807) is 12.1 Å². The fourth-order valence-electron chi connectivity index (χ4n) is 2.67. The van der Waals surface area contributed by atoms with Gasteiger partial charge in [0, 0.05) is 18.2 Å². The van der Waals surface area contributed by atoms with E-state index in [1.165, 1.54) is 19.1 Å². The van der Waals surface area contributed by atoms with Crippen LogP contribution in [0.15, 0.2) is 29.2 Å². The number of rotatable bonds is 4. The SMILES string of the molecule is CC(=O)c1ccc(S(=O)(=O)NC2CCN(C)CC2C)cc1. The van der Waals surface area contributed by atoms with Crippen molar-refractivity contribution in [2.24, 2.45) is 5.92 Å². The first kappa shape index (κ1) is 16.1. The lowest BCUT2D eigenvalue weighted by Gasteiger charge is -2.34. The standard InChI is InChI=1S/C15H22N2O3S/c1-11-10-17(3)9-8-15(11)16-21(19,20)14-6-4-13(5-7-14)12(2)18/h4-7,11,15-16H,8-10H2,1-3H3. The maximum absolute atomic E-state index is 12.4. The van der Waals surface area contributed by atoms with Crippen molar-refractivity contribution >= 4 is 15.8 Å². The molecule has 1 aliphatic heterocycles. The van der Waals surface area contributed by atoms with Crippen LogP contribution < -0.4 is 4.72 Å². The Bertz CT molecular complexity index is 610. The molecule has 5 nitrogen and oxygen atoms in total. The summed E-state index contributed by atoms with van der Waals surface area (Å²) in [5.41, 5.74) is 0.515. The second-order valence-electron chi connectivity index (χ2n) is 5.84. The number of nitrogens with one attached hydrogen (secondary N) is 1. The van der Waals surface area contributed by atoms with E-state index in [1.807, 2.05) is 7.05 Å². The second kappa shape index (κ2) is 6.25. The third kappa shape index (κ3) is 3.90. The summed E-state index contributed by atoms with van der Waals surface area (Å²) < 4.78 is 27.6. The van der Waals surface area contributed by atoms with Crippen molar-refractivity contribution in [3.05, 3.63) is 29.8 Å². The summed E-state index contributed by atoms with van der Waals surface area (Å²) in [4.78, 5) is 13.6. The average molecular weight is 310 g/mol. The summed E-state index contributed by atoms with van der Waals surface area (Å²) in [6, 6.07) is 6.03. The molecule has 21 heavy (non-hydrogen) atoms. The first-order valence-electron chi connectivity index (χ1n) is 7.11. The number of Topliss-reactive ketones (excluding diaryl/α,β-unsaturated/α-hetero) is 1. The van der Waals surface area contributed by atoms with Gasteiger partial charge in [-0.15, -0.1) is 0 Å². The van der Waals surface area contributed by atoms with Crippen LogP contribution in [0.4, 0.5) is 0 Å². The molecule has 0 aromatic heterocycles. The molecule has 0 aliphatic carbocycles. The summed E-state index contributed by atoms with van der Waals surface area (Å²) in [5.74, 6) is 0.200. The van der Waals surface area contributed by atoms with Crippen molar-refractivity contribution in [2.75, 3.05) is 20.1 Å². The molecular formula is C15H22N2O3S. The quantitative estimate of drug-likeness (QED) is 0.856. The molecule has 2 unspecified atom stereocenters. The number of carbonyl (C=O) groups is 1. The molecule has 6 heteroatoms. The first-order valence-corrected chi connectivity index (χ1v) is 8.60. The molecule has 1 aliphatic rings. The van der Waals surface area contributed by atoms with Crippen molar-refractivity contribution in [1.82, 2.24) is 9.62 Å². The normalized spacial score (nSPS) is 24.0. The molecule has 1 N–H and O–H groups in total. The van der Waals surface area contributed by atoms with Crippen LogP contribution in [0.25, 0.3) is 0 Å². The maximum Gasteiger partial charge on any atom is 0.240 e. The summed E-state index contributed by atoms with van der Waals surface area (Å²) in [6.45, 7) is 5.29. The van der Waals surface area contributed by atoms with Gasteiger partial charge in [0.05, 0.1) is 4.90 Å². The van der Waals surface area contributed by atoms with Crippen LogP contribution in [0.3, 0.4) is 0 Å². The van der Waals surface area contributed by atoms with Gasteiger partial charge in [-0.25, -0.2) is 13.1 Å². The molecule has 0 radical (unpaired) electrons. The Hall–Kier alpha value is -1.24. The highest BCUT2D eigenvalue weighted by Gasteiger charge is 2.28. The van der Waals surface area contributed by atoms with Crippen LogP contribution in [-0.4, -0.2) is 45.3 Å². The van der Waals surface area contributed by atoms with Crippen molar-refractivity contribution in [3.63, 3.8) is 0 Å². The number of hydrogen-bond donors (Lipinski definition) is 1. The Morgan fingerprint density at radius 2 is 1.90 bits per heavy atom. The monoisotopic (exact) mass is 310 g/mol. The van der Waals surface area contributed by atoms with Crippen LogP contribution in [0.1, 0.15) is 30.6 Å². The number of carbonyl (C=O) groups excluding carboxylic acids is 1. The summed E-state index contributed by atoms with van der Waals surface area (Å²) in [7, 11) is -1.49. The van der Waals surface area contributed by atoms with Gasteiger partial charge in [-0.1, -0.05) is 19.1 Å². The van der Waals surface area contributed by atoms with E-state index >= 15 is 0 Å². The number of ketones is 1. The van der Waals surface area contributed by atoms with Gasteiger partial charge in [-0.3, -0.25) is 4.79 Å². The predicted octanol–water partition coefficient (Wildman–Crippen LogP) is 1.51. The van der Waals surface area contributed by atoms with Gasteiger partial charge in [-0.05, 0) is 45.0 Å². The van der Waals surface area contributed by atoms with Crippen LogP contribution in [0.5, 0.6) is 0 Å². The van der Waals surface area contributed by atoms with E-state index in [2.05, 4.69) is 16.5 Å². The zero-order valence-corrected chi connectivity index (χ0v) is 13.5. The molecule has 1 fully saturated rings. The van der Waals surface area contributed by atoms with Crippen molar-refractivity contribution < 1.29 is 13.2 Å². The summed E-state index contributed by atoms with van der Waals surface area (Å²) >= 11 is 0. The van der Waals surface area contributed by atoms with Crippen LogP contribution in [0, 0.1) is 5.92 Å². The fraction of sp³-hybridized carbons (Fsp3) is 0.533. The van der Waals surface area contributed by atoms with Crippen molar-refractivity contribution in [3.8, 4) is 0 Å². The van der Waals surface area contributed by atoms with Crippen molar-refractivity contribution in [1.29, 1.82) is 0 Å². The number of benzene rings is 1. The number of likely N-dealkylation sites (tertiary alicyclic amines) is 1. The first-order chi connectivity index (χ1) is 9.79. The van der Waals surface area contributed by atoms with E-state index in [-0.39, 0.29) is 22.6 Å². The summed E-state index contributed by atoms with van der Waals surface area (Å²) in [6.07, 6.45) is 0.808. The molecular weight excluding hydrogens is 288 g/mol. The third-order valence-corrected chi connectivity index (χ3v) is 5.49. The van der Waals surface area contributed by atoms with Crippen LogP contribution in [0.2, 0.25) is 0 Å². The highest BCUT2D eigenvalue weighted by Crippen LogP contribution is 2.19. The molecule has 0 amide bonds. The lowest BCUT2D eigenvalue weighted by Crippen LogP contribution is -2.48. The van der Waals surface area contributed by atoms with E-state index in [0.717, 1.165) is 19.5 Å². The smallest absolute Gasteiger partial charge is 0.240 e. The van der Waals surface area contributed by atoms with Gasteiger partial charge in [0.2, 0.25) is 10.0 Å². The molecule has 2 rings (SSSR count). The van der Waals surface area contributed by atoms with E-state index in [4.69, 9.17) is 0 Å². The van der Waals surface area contributed by atoms with Gasteiger partial charge in [-0.2, -0.15) is 0 Å².